The predicted molar refractivity (Wildman–Crippen MR) is 60.9 cm³/mol. The van der Waals surface area contributed by atoms with Crippen LogP contribution in [-0.2, 0) is 0 Å². The SMILES string of the molecule is C#CCCNC1(CN)CCCC1CC. The highest BCUT2D eigenvalue weighted by molar-refractivity contribution is 5.00. The van der Waals surface area contributed by atoms with Gasteiger partial charge in [-0.2, -0.15) is 0 Å². The van der Waals surface area contributed by atoms with Crippen molar-refractivity contribution >= 4 is 0 Å². The van der Waals surface area contributed by atoms with Crippen LogP contribution in [0.4, 0.5) is 0 Å². The van der Waals surface area contributed by atoms with Crippen molar-refractivity contribution in [3.05, 3.63) is 0 Å². The van der Waals surface area contributed by atoms with Gasteiger partial charge in [-0.25, -0.2) is 0 Å². The Labute approximate surface area is 87.6 Å². The topological polar surface area (TPSA) is 38.0 Å². The molecule has 2 unspecified atom stereocenters. The molecule has 0 spiro atoms. The molecule has 1 aliphatic carbocycles. The minimum absolute atomic E-state index is 0.186. The molecular formula is C12H22N2. The van der Waals surface area contributed by atoms with Gasteiger partial charge in [0.15, 0.2) is 0 Å². The van der Waals surface area contributed by atoms with E-state index in [1.54, 1.807) is 0 Å². The molecule has 0 aromatic rings. The third-order valence-corrected chi connectivity index (χ3v) is 3.56. The van der Waals surface area contributed by atoms with Gasteiger partial charge in [-0.15, -0.1) is 12.3 Å². The molecule has 1 rings (SSSR count). The van der Waals surface area contributed by atoms with Crippen molar-refractivity contribution in [1.29, 1.82) is 0 Å². The maximum Gasteiger partial charge on any atom is 0.0332 e. The van der Waals surface area contributed by atoms with Gasteiger partial charge in [0, 0.05) is 25.0 Å². The first-order valence-corrected chi connectivity index (χ1v) is 5.67. The fraction of sp³-hybridized carbons (Fsp3) is 0.833. The molecular weight excluding hydrogens is 172 g/mol. The first-order valence-electron chi connectivity index (χ1n) is 5.67. The van der Waals surface area contributed by atoms with Crippen molar-refractivity contribution in [2.75, 3.05) is 13.1 Å². The van der Waals surface area contributed by atoms with Crippen molar-refractivity contribution in [1.82, 2.24) is 5.32 Å². The summed E-state index contributed by atoms with van der Waals surface area (Å²) in [6.07, 6.45) is 11.1. The van der Waals surface area contributed by atoms with Gasteiger partial charge in [-0.05, 0) is 18.8 Å². The molecule has 1 fully saturated rings. The molecule has 0 aromatic carbocycles. The summed E-state index contributed by atoms with van der Waals surface area (Å²) in [5, 5.41) is 3.58. The van der Waals surface area contributed by atoms with Crippen molar-refractivity contribution in [3.63, 3.8) is 0 Å². The normalized spacial score (nSPS) is 31.6. The summed E-state index contributed by atoms with van der Waals surface area (Å²) in [4.78, 5) is 0. The monoisotopic (exact) mass is 194 g/mol. The predicted octanol–water partition coefficient (Wildman–Crippen LogP) is 1.51. The number of hydrogen-bond acceptors (Lipinski definition) is 2. The van der Waals surface area contributed by atoms with Gasteiger partial charge in [0.25, 0.3) is 0 Å². The van der Waals surface area contributed by atoms with E-state index in [0.717, 1.165) is 25.4 Å². The Balaban J connectivity index is 2.52. The van der Waals surface area contributed by atoms with E-state index in [1.807, 2.05) is 0 Å². The lowest BCUT2D eigenvalue weighted by molar-refractivity contribution is 0.248. The minimum Gasteiger partial charge on any atom is -0.329 e. The minimum atomic E-state index is 0.186. The van der Waals surface area contributed by atoms with E-state index in [0.29, 0.717) is 0 Å². The first kappa shape index (κ1) is 11.6. The lowest BCUT2D eigenvalue weighted by Gasteiger charge is -2.35. The van der Waals surface area contributed by atoms with E-state index in [2.05, 4.69) is 18.2 Å². The lowest BCUT2D eigenvalue weighted by atomic mass is 9.85. The summed E-state index contributed by atoms with van der Waals surface area (Å²) in [7, 11) is 0. The molecule has 14 heavy (non-hydrogen) atoms. The van der Waals surface area contributed by atoms with Crippen LogP contribution in [-0.4, -0.2) is 18.6 Å². The van der Waals surface area contributed by atoms with Crippen molar-refractivity contribution < 1.29 is 0 Å². The summed E-state index contributed by atoms with van der Waals surface area (Å²) in [5.74, 6) is 3.40. The van der Waals surface area contributed by atoms with Crippen LogP contribution in [0.1, 0.15) is 39.0 Å². The molecule has 0 saturated heterocycles. The van der Waals surface area contributed by atoms with E-state index >= 15 is 0 Å². The zero-order valence-electron chi connectivity index (χ0n) is 9.18. The fourth-order valence-corrected chi connectivity index (χ4v) is 2.70. The number of rotatable bonds is 5. The summed E-state index contributed by atoms with van der Waals surface area (Å²) >= 11 is 0. The molecule has 0 aromatic heterocycles. The number of nitrogens with one attached hydrogen (secondary N) is 1. The van der Waals surface area contributed by atoms with E-state index in [-0.39, 0.29) is 5.54 Å². The Morgan fingerprint density at radius 1 is 1.64 bits per heavy atom. The third-order valence-electron chi connectivity index (χ3n) is 3.56. The van der Waals surface area contributed by atoms with Gasteiger partial charge in [-0.3, -0.25) is 0 Å². The molecule has 2 atom stereocenters. The molecule has 1 saturated carbocycles. The van der Waals surface area contributed by atoms with Gasteiger partial charge in [0.1, 0.15) is 0 Å². The van der Waals surface area contributed by atoms with E-state index < -0.39 is 0 Å². The van der Waals surface area contributed by atoms with Gasteiger partial charge in [-0.1, -0.05) is 19.8 Å². The van der Waals surface area contributed by atoms with E-state index in [4.69, 9.17) is 12.2 Å². The van der Waals surface area contributed by atoms with Crippen molar-refractivity contribution in [2.45, 2.75) is 44.6 Å². The van der Waals surface area contributed by atoms with Crippen LogP contribution < -0.4 is 11.1 Å². The zero-order chi connectivity index (χ0) is 10.4. The van der Waals surface area contributed by atoms with E-state index in [9.17, 15) is 0 Å². The molecule has 1 aliphatic rings. The maximum atomic E-state index is 5.90. The Bertz CT molecular complexity index is 207. The highest BCUT2D eigenvalue weighted by Gasteiger charge is 2.39. The average Bonchev–Trinajstić information content (AvgIpc) is 2.62. The first-order chi connectivity index (χ1) is 6.79. The molecule has 0 bridgehead atoms. The lowest BCUT2D eigenvalue weighted by Crippen LogP contribution is -2.54. The van der Waals surface area contributed by atoms with Gasteiger partial charge in [0.05, 0.1) is 0 Å². The van der Waals surface area contributed by atoms with Crippen molar-refractivity contribution in [2.24, 2.45) is 11.7 Å². The Kier molecular flexibility index (Phi) is 4.44. The smallest absolute Gasteiger partial charge is 0.0332 e. The van der Waals surface area contributed by atoms with Crippen LogP contribution in [0, 0.1) is 18.3 Å². The van der Waals surface area contributed by atoms with Crippen LogP contribution >= 0.6 is 0 Å². The van der Waals surface area contributed by atoms with Crippen LogP contribution in [0.15, 0.2) is 0 Å². The van der Waals surface area contributed by atoms with Crippen LogP contribution in [0.2, 0.25) is 0 Å². The highest BCUT2D eigenvalue weighted by atomic mass is 15.0. The number of hydrogen-bond donors (Lipinski definition) is 2. The summed E-state index contributed by atoms with van der Waals surface area (Å²) in [5.41, 5.74) is 6.09. The van der Waals surface area contributed by atoms with Crippen LogP contribution in [0.5, 0.6) is 0 Å². The molecule has 0 heterocycles. The molecule has 0 aliphatic heterocycles. The number of nitrogens with two attached hydrogens (primary N) is 1. The summed E-state index contributed by atoms with van der Waals surface area (Å²) in [6.45, 7) is 3.91. The second kappa shape index (κ2) is 5.38. The van der Waals surface area contributed by atoms with Crippen LogP contribution in [0.25, 0.3) is 0 Å². The molecule has 0 amide bonds. The van der Waals surface area contributed by atoms with E-state index in [1.165, 1.54) is 25.7 Å². The second-order valence-corrected chi connectivity index (χ2v) is 4.24. The Morgan fingerprint density at radius 2 is 2.43 bits per heavy atom. The largest absolute Gasteiger partial charge is 0.329 e. The molecule has 2 heteroatoms. The molecule has 80 valence electrons. The fourth-order valence-electron chi connectivity index (χ4n) is 2.70. The number of terminal acetylenes is 1. The maximum absolute atomic E-state index is 5.90. The summed E-state index contributed by atoms with van der Waals surface area (Å²) in [6, 6.07) is 0. The Hall–Kier alpha value is -0.520. The van der Waals surface area contributed by atoms with Gasteiger partial charge < -0.3 is 11.1 Å². The van der Waals surface area contributed by atoms with Gasteiger partial charge >= 0.3 is 0 Å². The Morgan fingerprint density at radius 3 is 3.00 bits per heavy atom. The molecule has 3 N–H and O–H groups in total. The highest BCUT2D eigenvalue weighted by Crippen LogP contribution is 2.36. The third kappa shape index (κ3) is 2.29. The molecule has 0 radical (unpaired) electrons. The van der Waals surface area contributed by atoms with Crippen LogP contribution in [0.3, 0.4) is 0 Å². The summed E-state index contributed by atoms with van der Waals surface area (Å²) < 4.78 is 0. The average molecular weight is 194 g/mol. The molecule has 2 nitrogen and oxygen atoms in total. The quantitative estimate of drug-likeness (QED) is 0.514. The van der Waals surface area contributed by atoms with Gasteiger partial charge in [0.2, 0.25) is 0 Å². The van der Waals surface area contributed by atoms with Crippen molar-refractivity contribution in [3.8, 4) is 12.3 Å². The second-order valence-electron chi connectivity index (χ2n) is 4.24. The zero-order valence-corrected chi connectivity index (χ0v) is 9.18. The standard InChI is InChI=1S/C12H22N2/c1-3-5-9-14-12(10-13)8-6-7-11(12)4-2/h1,11,14H,4-10,13H2,2H3.